The molecule has 168 valence electrons. The predicted octanol–water partition coefficient (Wildman–Crippen LogP) is 5.83. The minimum absolute atomic E-state index is 0.341. The molecule has 4 aromatic rings. The van der Waals surface area contributed by atoms with Gasteiger partial charge >= 0.3 is 5.97 Å². The van der Waals surface area contributed by atoms with Gasteiger partial charge in [0, 0.05) is 22.0 Å². The summed E-state index contributed by atoms with van der Waals surface area (Å²) in [5, 5.41) is 6.02. The van der Waals surface area contributed by atoms with Crippen molar-refractivity contribution in [2.75, 3.05) is 18.2 Å². The van der Waals surface area contributed by atoms with E-state index in [1.807, 2.05) is 36.6 Å². The van der Waals surface area contributed by atoms with Crippen LogP contribution in [0.3, 0.4) is 0 Å². The summed E-state index contributed by atoms with van der Waals surface area (Å²) in [6.45, 7) is 2.00. The summed E-state index contributed by atoms with van der Waals surface area (Å²) in [5.74, 6) is -0.850. The monoisotopic (exact) mass is 477 g/mol. The van der Waals surface area contributed by atoms with Gasteiger partial charge in [-0.3, -0.25) is 4.79 Å². The highest BCUT2D eigenvalue weighted by Crippen LogP contribution is 2.39. The van der Waals surface area contributed by atoms with Crippen molar-refractivity contribution in [1.29, 1.82) is 0 Å². The molecule has 1 amide bonds. The molecule has 8 heteroatoms. The number of pyridine rings is 1. The first kappa shape index (κ1) is 21.6. The van der Waals surface area contributed by atoms with E-state index in [1.54, 1.807) is 0 Å². The van der Waals surface area contributed by atoms with Gasteiger partial charge in [-0.15, -0.1) is 22.7 Å². The minimum atomic E-state index is -0.499. The molecule has 0 unspecified atom stereocenters. The third-order valence-electron chi connectivity index (χ3n) is 5.98. The molecule has 3 N–H and O–H groups in total. The molecule has 0 fully saturated rings. The predicted molar refractivity (Wildman–Crippen MR) is 134 cm³/mol. The maximum atomic E-state index is 13.2. The molecule has 0 aliphatic heterocycles. The number of esters is 1. The van der Waals surface area contributed by atoms with Crippen molar-refractivity contribution in [2.45, 2.75) is 32.6 Å². The molecule has 0 atom stereocenters. The number of fused-ring (bicyclic) bond motifs is 2. The van der Waals surface area contributed by atoms with E-state index in [9.17, 15) is 9.59 Å². The Morgan fingerprint density at radius 1 is 1.15 bits per heavy atom. The fraction of sp³-hybridized carbons (Fsp3) is 0.240. The number of rotatable bonds is 4. The number of ether oxygens (including phenoxy) is 1. The number of thiophene rings is 2. The topological polar surface area (TPSA) is 94.3 Å². The smallest absolute Gasteiger partial charge is 0.341 e. The van der Waals surface area contributed by atoms with E-state index in [0.717, 1.165) is 58.3 Å². The van der Waals surface area contributed by atoms with Crippen LogP contribution in [0.15, 0.2) is 35.7 Å². The van der Waals surface area contributed by atoms with Gasteiger partial charge in [0.15, 0.2) is 0 Å². The molecule has 3 aromatic heterocycles. The second-order valence-electron chi connectivity index (χ2n) is 8.16. The number of carbonyl (C=O) groups is 2. The number of hydrogen-bond donors (Lipinski definition) is 2. The van der Waals surface area contributed by atoms with Crippen LogP contribution in [0.5, 0.6) is 0 Å². The number of methoxy groups -OCH3 is 1. The first-order valence-electron chi connectivity index (χ1n) is 10.7. The quantitative estimate of drug-likeness (QED) is 0.361. The number of amides is 1. The zero-order chi connectivity index (χ0) is 23.1. The number of aryl methyl sites for hydroxylation is 3. The summed E-state index contributed by atoms with van der Waals surface area (Å²) >= 11 is 2.58. The van der Waals surface area contributed by atoms with E-state index in [4.69, 9.17) is 15.5 Å². The van der Waals surface area contributed by atoms with Crippen LogP contribution in [0.1, 0.15) is 49.7 Å². The SMILES string of the molecule is COC(=O)c1c(-c2ccc(C)cc2)csc1NC(=O)c1sc2nc3c(cc2c1N)CCCC3. The Morgan fingerprint density at radius 3 is 2.67 bits per heavy atom. The Bertz CT molecular complexity index is 1390. The standard InChI is InChI=1S/C25H23N3O3S2/c1-13-7-9-14(10-8-13)17-12-32-24(19(17)25(30)31-2)28-22(29)21-20(26)16-11-15-5-3-4-6-18(15)27-23(16)33-21/h7-12H,3-6,26H2,1-2H3,(H,28,29). The molecule has 0 radical (unpaired) electrons. The number of nitrogens with one attached hydrogen (secondary N) is 1. The highest BCUT2D eigenvalue weighted by atomic mass is 32.1. The highest BCUT2D eigenvalue weighted by molar-refractivity contribution is 7.21. The van der Waals surface area contributed by atoms with Gasteiger partial charge < -0.3 is 15.8 Å². The summed E-state index contributed by atoms with van der Waals surface area (Å²) in [6.07, 6.45) is 4.24. The van der Waals surface area contributed by atoms with E-state index < -0.39 is 5.97 Å². The summed E-state index contributed by atoms with van der Waals surface area (Å²) < 4.78 is 5.02. The van der Waals surface area contributed by atoms with Gasteiger partial charge in [0.1, 0.15) is 20.3 Å². The largest absolute Gasteiger partial charge is 0.465 e. The molecule has 1 aliphatic carbocycles. The van der Waals surface area contributed by atoms with E-state index in [2.05, 4.69) is 11.4 Å². The van der Waals surface area contributed by atoms with Crippen LogP contribution in [0.25, 0.3) is 21.3 Å². The molecule has 0 saturated heterocycles. The van der Waals surface area contributed by atoms with Gasteiger partial charge in [-0.05, 0) is 49.8 Å². The molecule has 33 heavy (non-hydrogen) atoms. The van der Waals surface area contributed by atoms with Crippen molar-refractivity contribution in [3.05, 3.63) is 63.0 Å². The van der Waals surface area contributed by atoms with Crippen LogP contribution in [-0.4, -0.2) is 24.0 Å². The van der Waals surface area contributed by atoms with Crippen molar-refractivity contribution >= 4 is 55.5 Å². The molecule has 0 spiro atoms. The van der Waals surface area contributed by atoms with Gasteiger partial charge in [-0.1, -0.05) is 29.8 Å². The Kier molecular flexibility index (Phi) is 5.64. The Balaban J connectivity index is 1.51. The minimum Gasteiger partial charge on any atom is -0.465 e. The third kappa shape index (κ3) is 3.89. The van der Waals surface area contributed by atoms with Gasteiger partial charge in [0.25, 0.3) is 5.91 Å². The van der Waals surface area contributed by atoms with E-state index in [0.29, 0.717) is 21.1 Å². The lowest BCUT2D eigenvalue weighted by atomic mass is 9.95. The van der Waals surface area contributed by atoms with E-state index in [-0.39, 0.29) is 5.91 Å². The maximum Gasteiger partial charge on any atom is 0.341 e. The zero-order valence-corrected chi connectivity index (χ0v) is 20.0. The molecular weight excluding hydrogens is 454 g/mol. The van der Waals surface area contributed by atoms with Crippen LogP contribution in [0.2, 0.25) is 0 Å². The van der Waals surface area contributed by atoms with Crippen molar-refractivity contribution in [3.63, 3.8) is 0 Å². The van der Waals surface area contributed by atoms with E-state index in [1.165, 1.54) is 35.3 Å². The first-order chi connectivity index (χ1) is 16.0. The lowest BCUT2D eigenvalue weighted by Crippen LogP contribution is -2.14. The fourth-order valence-corrected chi connectivity index (χ4v) is 6.13. The Morgan fingerprint density at radius 2 is 1.91 bits per heavy atom. The lowest BCUT2D eigenvalue weighted by molar-refractivity contribution is 0.0603. The molecule has 1 aromatic carbocycles. The maximum absolute atomic E-state index is 13.2. The van der Waals surface area contributed by atoms with Crippen LogP contribution in [0.4, 0.5) is 10.7 Å². The second kappa shape index (κ2) is 8.61. The molecule has 6 nitrogen and oxygen atoms in total. The number of benzene rings is 1. The molecule has 0 bridgehead atoms. The zero-order valence-electron chi connectivity index (χ0n) is 18.4. The Hall–Kier alpha value is -3.23. The number of nitrogen functional groups attached to an aromatic ring is 1. The molecular formula is C25H23N3O3S2. The van der Waals surface area contributed by atoms with Crippen molar-refractivity contribution in [2.24, 2.45) is 0 Å². The number of anilines is 2. The summed E-state index contributed by atoms with van der Waals surface area (Å²) in [6, 6.07) is 9.95. The van der Waals surface area contributed by atoms with Crippen LogP contribution >= 0.6 is 22.7 Å². The number of hydrogen-bond acceptors (Lipinski definition) is 7. The average Bonchev–Trinajstić information content (AvgIpc) is 3.38. The summed E-state index contributed by atoms with van der Waals surface area (Å²) in [7, 11) is 1.34. The van der Waals surface area contributed by atoms with Crippen molar-refractivity contribution in [1.82, 2.24) is 4.98 Å². The number of carbonyl (C=O) groups excluding carboxylic acids is 2. The van der Waals surface area contributed by atoms with Gasteiger partial charge in [0.2, 0.25) is 0 Å². The second-order valence-corrected chi connectivity index (χ2v) is 10.0. The molecule has 0 saturated carbocycles. The fourth-order valence-electron chi connectivity index (χ4n) is 4.19. The summed E-state index contributed by atoms with van der Waals surface area (Å²) in [5.41, 5.74) is 12.2. The highest BCUT2D eigenvalue weighted by Gasteiger charge is 2.25. The third-order valence-corrected chi connectivity index (χ3v) is 7.99. The molecule has 5 rings (SSSR count). The van der Waals surface area contributed by atoms with Crippen molar-refractivity contribution in [3.8, 4) is 11.1 Å². The average molecular weight is 478 g/mol. The van der Waals surface area contributed by atoms with Crippen LogP contribution in [0, 0.1) is 6.92 Å². The molecule has 1 aliphatic rings. The normalized spacial score (nSPS) is 13.0. The van der Waals surface area contributed by atoms with E-state index >= 15 is 0 Å². The molecule has 3 heterocycles. The van der Waals surface area contributed by atoms with Gasteiger partial charge in [-0.25, -0.2) is 9.78 Å². The number of nitrogens with two attached hydrogens (primary N) is 1. The Labute approximate surface area is 199 Å². The van der Waals surface area contributed by atoms with Gasteiger partial charge in [-0.2, -0.15) is 0 Å². The van der Waals surface area contributed by atoms with Crippen LogP contribution in [-0.2, 0) is 17.6 Å². The van der Waals surface area contributed by atoms with Gasteiger partial charge in [0.05, 0.1) is 12.8 Å². The number of nitrogens with zero attached hydrogens (tertiary/aromatic N) is 1. The lowest BCUT2D eigenvalue weighted by Gasteiger charge is -2.14. The van der Waals surface area contributed by atoms with Crippen LogP contribution < -0.4 is 11.1 Å². The number of aromatic nitrogens is 1. The van der Waals surface area contributed by atoms with Crippen molar-refractivity contribution < 1.29 is 14.3 Å². The summed E-state index contributed by atoms with van der Waals surface area (Å²) in [4.78, 5) is 31.8. The first-order valence-corrected chi connectivity index (χ1v) is 12.4.